The van der Waals surface area contributed by atoms with Gasteiger partial charge in [0.25, 0.3) is 0 Å². The molecule has 0 aliphatic heterocycles. The third-order valence-electron chi connectivity index (χ3n) is 6.29. The number of nitrogens with zero attached hydrogens (tertiary/aromatic N) is 1. The van der Waals surface area contributed by atoms with Gasteiger partial charge in [-0.2, -0.15) is 4.72 Å². The predicted octanol–water partition coefficient (Wildman–Crippen LogP) is 4.82. The normalized spacial score (nSPS) is 11.9. The van der Waals surface area contributed by atoms with Gasteiger partial charge in [0.2, 0.25) is 15.9 Å². The molecule has 0 spiro atoms. The van der Waals surface area contributed by atoms with Crippen molar-refractivity contribution >= 4 is 15.9 Å². The SMILES string of the molecule is COc1ccc(S(=O)(=O)N[C@H](Cc2ccccc2)C(=O)N(Cc2ccccc2)Cc2ccccc2)cc1OC. The van der Waals surface area contributed by atoms with Crippen LogP contribution >= 0.6 is 0 Å². The van der Waals surface area contributed by atoms with Crippen molar-refractivity contribution in [2.75, 3.05) is 14.2 Å². The lowest BCUT2D eigenvalue weighted by Gasteiger charge is -2.28. The Balaban J connectivity index is 1.69. The summed E-state index contributed by atoms with van der Waals surface area (Å²) in [6.07, 6.45) is 0.187. The van der Waals surface area contributed by atoms with Crippen molar-refractivity contribution in [3.8, 4) is 11.5 Å². The molecule has 1 atom stereocenters. The van der Waals surface area contributed by atoms with Crippen LogP contribution in [0, 0.1) is 0 Å². The van der Waals surface area contributed by atoms with E-state index in [4.69, 9.17) is 9.47 Å². The van der Waals surface area contributed by atoms with Crippen LogP contribution in [-0.4, -0.2) is 39.5 Å². The molecule has 8 heteroatoms. The van der Waals surface area contributed by atoms with Crippen LogP contribution in [0.3, 0.4) is 0 Å². The second-order valence-electron chi connectivity index (χ2n) is 9.05. The third-order valence-corrected chi connectivity index (χ3v) is 7.76. The fraction of sp³-hybridized carbons (Fsp3) is 0.194. The number of rotatable bonds is 12. The molecule has 0 unspecified atom stereocenters. The Kier molecular flexibility index (Phi) is 9.35. The number of sulfonamides is 1. The van der Waals surface area contributed by atoms with Crippen LogP contribution < -0.4 is 14.2 Å². The first-order valence-corrected chi connectivity index (χ1v) is 14.0. The average molecular weight is 545 g/mol. The molecular weight excluding hydrogens is 512 g/mol. The summed E-state index contributed by atoms with van der Waals surface area (Å²) in [6, 6.07) is 32.0. The summed E-state index contributed by atoms with van der Waals surface area (Å²) in [7, 11) is -1.18. The molecule has 0 saturated carbocycles. The first kappa shape index (κ1) is 27.9. The maximum Gasteiger partial charge on any atom is 0.241 e. The molecule has 0 aliphatic rings. The molecule has 202 valence electrons. The van der Waals surface area contributed by atoms with E-state index in [0.717, 1.165) is 16.7 Å². The molecule has 4 rings (SSSR count). The third kappa shape index (κ3) is 7.46. The van der Waals surface area contributed by atoms with Gasteiger partial charge in [-0.15, -0.1) is 0 Å². The van der Waals surface area contributed by atoms with Crippen molar-refractivity contribution in [1.29, 1.82) is 0 Å². The zero-order valence-corrected chi connectivity index (χ0v) is 22.8. The number of carbonyl (C=O) groups is 1. The van der Waals surface area contributed by atoms with E-state index in [2.05, 4.69) is 4.72 Å². The van der Waals surface area contributed by atoms with E-state index in [1.807, 2.05) is 91.0 Å². The number of amides is 1. The second-order valence-corrected chi connectivity index (χ2v) is 10.8. The molecule has 0 saturated heterocycles. The Bertz CT molecular complexity index is 1420. The Labute approximate surface area is 230 Å². The number of ether oxygens (including phenoxy) is 2. The van der Waals surface area contributed by atoms with Crippen LogP contribution in [0.15, 0.2) is 114 Å². The molecule has 0 heterocycles. The molecule has 4 aromatic carbocycles. The largest absolute Gasteiger partial charge is 0.493 e. The monoisotopic (exact) mass is 544 g/mol. The van der Waals surface area contributed by atoms with Crippen LogP contribution in [0.25, 0.3) is 0 Å². The molecule has 0 fully saturated rings. The van der Waals surface area contributed by atoms with Crippen LogP contribution in [0.5, 0.6) is 11.5 Å². The smallest absolute Gasteiger partial charge is 0.241 e. The molecular formula is C31H32N2O5S. The van der Waals surface area contributed by atoms with Gasteiger partial charge in [-0.05, 0) is 35.2 Å². The number of carbonyl (C=O) groups excluding carboxylic acids is 1. The number of methoxy groups -OCH3 is 2. The fourth-order valence-corrected chi connectivity index (χ4v) is 5.51. The molecule has 0 aromatic heterocycles. The topological polar surface area (TPSA) is 84.9 Å². The first-order chi connectivity index (χ1) is 18.9. The lowest BCUT2D eigenvalue weighted by molar-refractivity contribution is -0.134. The zero-order valence-electron chi connectivity index (χ0n) is 22.0. The Morgan fingerprint density at radius 1 is 0.718 bits per heavy atom. The van der Waals surface area contributed by atoms with E-state index in [1.165, 1.54) is 32.4 Å². The van der Waals surface area contributed by atoms with Crippen molar-refractivity contribution in [2.45, 2.75) is 30.4 Å². The maximum absolute atomic E-state index is 14.1. The second kappa shape index (κ2) is 13.1. The summed E-state index contributed by atoms with van der Waals surface area (Å²) in [5, 5.41) is 0. The quantitative estimate of drug-likeness (QED) is 0.276. The van der Waals surface area contributed by atoms with Gasteiger partial charge in [0.05, 0.1) is 19.1 Å². The van der Waals surface area contributed by atoms with Crippen LogP contribution in [0.1, 0.15) is 16.7 Å². The van der Waals surface area contributed by atoms with Crippen molar-refractivity contribution in [3.05, 3.63) is 126 Å². The molecule has 4 aromatic rings. The number of hydrogen-bond acceptors (Lipinski definition) is 5. The van der Waals surface area contributed by atoms with Crippen molar-refractivity contribution in [2.24, 2.45) is 0 Å². The summed E-state index contributed by atoms with van der Waals surface area (Å²) in [6.45, 7) is 0.663. The highest BCUT2D eigenvalue weighted by Gasteiger charge is 2.30. The lowest BCUT2D eigenvalue weighted by atomic mass is 10.0. The van der Waals surface area contributed by atoms with Crippen molar-refractivity contribution in [1.82, 2.24) is 9.62 Å². The van der Waals surface area contributed by atoms with E-state index < -0.39 is 16.1 Å². The van der Waals surface area contributed by atoms with Gasteiger partial charge < -0.3 is 14.4 Å². The van der Waals surface area contributed by atoms with E-state index in [0.29, 0.717) is 18.8 Å². The van der Waals surface area contributed by atoms with Gasteiger partial charge in [0.1, 0.15) is 6.04 Å². The molecule has 39 heavy (non-hydrogen) atoms. The highest BCUT2D eigenvalue weighted by Crippen LogP contribution is 2.29. The minimum absolute atomic E-state index is 0.0244. The van der Waals surface area contributed by atoms with E-state index >= 15 is 0 Å². The van der Waals surface area contributed by atoms with E-state index in [1.54, 1.807) is 4.90 Å². The van der Waals surface area contributed by atoms with E-state index in [9.17, 15) is 13.2 Å². The molecule has 0 aliphatic carbocycles. The summed E-state index contributed by atoms with van der Waals surface area (Å²) >= 11 is 0. The highest BCUT2D eigenvalue weighted by molar-refractivity contribution is 7.89. The standard InChI is InChI=1S/C31H32N2O5S/c1-37-29-19-18-27(21-30(29)38-2)39(35,36)32-28(20-24-12-6-3-7-13-24)31(34)33(22-25-14-8-4-9-15-25)23-26-16-10-5-11-17-26/h3-19,21,28,32H,20,22-23H2,1-2H3/t28-/m1/s1. The van der Waals surface area contributed by atoms with Crippen LogP contribution in [-0.2, 0) is 34.3 Å². The minimum Gasteiger partial charge on any atom is -0.493 e. The molecule has 1 amide bonds. The Morgan fingerprint density at radius 2 is 1.21 bits per heavy atom. The van der Waals surface area contributed by atoms with Gasteiger partial charge in [-0.3, -0.25) is 4.79 Å². The van der Waals surface area contributed by atoms with Crippen molar-refractivity contribution < 1.29 is 22.7 Å². The maximum atomic E-state index is 14.1. The predicted molar refractivity (Wildman–Crippen MR) is 151 cm³/mol. The highest BCUT2D eigenvalue weighted by atomic mass is 32.2. The molecule has 1 N–H and O–H groups in total. The zero-order chi connectivity index (χ0) is 27.7. The molecule has 0 bridgehead atoms. The van der Waals surface area contributed by atoms with E-state index in [-0.39, 0.29) is 23.0 Å². The van der Waals surface area contributed by atoms with Gasteiger partial charge in [0.15, 0.2) is 11.5 Å². The number of hydrogen-bond donors (Lipinski definition) is 1. The fourth-order valence-electron chi connectivity index (χ4n) is 4.31. The summed E-state index contributed by atoms with van der Waals surface area (Å²) in [4.78, 5) is 15.8. The average Bonchev–Trinajstić information content (AvgIpc) is 2.97. The van der Waals surface area contributed by atoms with Crippen LogP contribution in [0.4, 0.5) is 0 Å². The molecule has 0 radical (unpaired) electrons. The summed E-state index contributed by atoms with van der Waals surface area (Å²) < 4.78 is 40.4. The number of benzene rings is 4. The van der Waals surface area contributed by atoms with Crippen molar-refractivity contribution in [3.63, 3.8) is 0 Å². The Morgan fingerprint density at radius 3 is 1.69 bits per heavy atom. The first-order valence-electron chi connectivity index (χ1n) is 12.5. The minimum atomic E-state index is -4.09. The molecule has 7 nitrogen and oxygen atoms in total. The van der Waals surface area contributed by atoms with Crippen LogP contribution in [0.2, 0.25) is 0 Å². The van der Waals surface area contributed by atoms with Gasteiger partial charge in [-0.25, -0.2) is 8.42 Å². The van der Waals surface area contributed by atoms with Gasteiger partial charge in [-0.1, -0.05) is 91.0 Å². The summed E-state index contributed by atoms with van der Waals surface area (Å²) in [5.74, 6) is 0.363. The van der Waals surface area contributed by atoms with Gasteiger partial charge in [0, 0.05) is 19.2 Å². The lowest BCUT2D eigenvalue weighted by Crippen LogP contribution is -2.49. The Hall–Kier alpha value is -4.14. The summed E-state index contributed by atoms with van der Waals surface area (Å²) in [5.41, 5.74) is 2.73. The number of nitrogens with one attached hydrogen (secondary N) is 1. The van der Waals surface area contributed by atoms with Gasteiger partial charge >= 0.3 is 0 Å².